The molecule has 37 heavy (non-hydrogen) atoms. The minimum absolute atomic E-state index is 0.470. The van der Waals surface area contributed by atoms with Crippen LogP contribution in [0.3, 0.4) is 0 Å². The first-order valence-electron chi connectivity index (χ1n) is 13.1. The molecule has 9 heteroatoms. The second-order valence-electron chi connectivity index (χ2n) is 10.1. The summed E-state index contributed by atoms with van der Waals surface area (Å²) in [4.78, 5) is 14.6. The molecule has 2 aliphatic rings. The van der Waals surface area contributed by atoms with Crippen molar-refractivity contribution in [3.05, 3.63) is 53.4 Å². The van der Waals surface area contributed by atoms with Gasteiger partial charge in [0.1, 0.15) is 0 Å². The van der Waals surface area contributed by atoms with Crippen LogP contribution < -0.4 is 14.4 Å². The van der Waals surface area contributed by atoms with Gasteiger partial charge in [0.15, 0.2) is 22.9 Å². The monoisotopic (exact) mass is 502 g/mol. The van der Waals surface area contributed by atoms with Gasteiger partial charge in [-0.25, -0.2) is 9.97 Å². The number of fused-ring (bicyclic) bond motifs is 2. The third-order valence-corrected chi connectivity index (χ3v) is 7.79. The highest BCUT2D eigenvalue weighted by Gasteiger charge is 2.25. The van der Waals surface area contributed by atoms with Gasteiger partial charge in [0, 0.05) is 44.5 Å². The van der Waals surface area contributed by atoms with Gasteiger partial charge >= 0.3 is 0 Å². The Bertz CT molecular complexity index is 1380. The first kappa shape index (κ1) is 23.8. The zero-order valence-electron chi connectivity index (χ0n) is 21.8. The van der Waals surface area contributed by atoms with Crippen molar-refractivity contribution in [1.29, 1.82) is 0 Å². The van der Waals surface area contributed by atoms with E-state index in [0.29, 0.717) is 17.6 Å². The number of ether oxygens (including phenoxy) is 2. The Morgan fingerprint density at radius 3 is 2.59 bits per heavy atom. The summed E-state index contributed by atoms with van der Waals surface area (Å²) >= 11 is 0. The maximum Gasteiger partial charge on any atom is 0.228 e. The molecule has 0 unspecified atom stereocenters. The maximum absolute atomic E-state index is 5.63. The van der Waals surface area contributed by atoms with Crippen LogP contribution >= 0.6 is 0 Å². The predicted molar refractivity (Wildman–Crippen MR) is 141 cm³/mol. The molecule has 1 aliphatic heterocycles. The molecule has 9 nitrogen and oxygen atoms in total. The van der Waals surface area contributed by atoms with Crippen LogP contribution in [0.4, 0.5) is 5.95 Å². The van der Waals surface area contributed by atoms with E-state index in [1.165, 1.54) is 43.2 Å². The molecule has 1 aromatic carbocycles. The number of hydrogen-bond donors (Lipinski definition) is 0. The zero-order chi connectivity index (χ0) is 25.4. The lowest BCUT2D eigenvalue weighted by Gasteiger charge is -2.32. The maximum atomic E-state index is 5.63. The highest BCUT2D eigenvalue weighted by molar-refractivity contribution is 5.58. The average molecular weight is 503 g/mol. The van der Waals surface area contributed by atoms with Gasteiger partial charge < -0.3 is 18.8 Å². The second-order valence-corrected chi connectivity index (χ2v) is 10.1. The fourth-order valence-corrected chi connectivity index (χ4v) is 5.72. The summed E-state index contributed by atoms with van der Waals surface area (Å²) in [6, 6.07) is 8.44. The second kappa shape index (κ2) is 10.0. The van der Waals surface area contributed by atoms with E-state index in [2.05, 4.69) is 29.0 Å². The van der Waals surface area contributed by atoms with E-state index in [1.54, 1.807) is 20.5 Å². The summed E-state index contributed by atoms with van der Waals surface area (Å²) in [5, 5.41) is 4.86. The van der Waals surface area contributed by atoms with Gasteiger partial charge in [0.05, 0.1) is 20.5 Å². The Balaban J connectivity index is 1.33. The minimum atomic E-state index is 0.470. The van der Waals surface area contributed by atoms with Gasteiger partial charge in [0.2, 0.25) is 11.8 Å². The molecule has 4 heterocycles. The number of methoxy groups -OCH3 is 2. The topological polar surface area (TPSA) is 81.2 Å². The SMILES string of the molecule is COc1cc2c(cc1OC)CN(Cc1cnc(N(C)C3CCCCC3)n3nc(-c4ccco4)nc13)CC2. The number of benzene rings is 1. The molecule has 1 saturated carbocycles. The van der Waals surface area contributed by atoms with Gasteiger partial charge in [-0.15, -0.1) is 5.10 Å². The third kappa shape index (κ3) is 4.52. The summed E-state index contributed by atoms with van der Waals surface area (Å²) in [7, 11) is 5.50. The molecule has 6 rings (SSSR count). The molecular formula is C28H34N6O3. The summed E-state index contributed by atoms with van der Waals surface area (Å²) < 4.78 is 18.6. The van der Waals surface area contributed by atoms with Gasteiger partial charge in [-0.05, 0) is 54.7 Å². The van der Waals surface area contributed by atoms with E-state index in [4.69, 9.17) is 29.0 Å². The molecule has 0 spiro atoms. The highest BCUT2D eigenvalue weighted by atomic mass is 16.5. The number of furan rings is 1. The van der Waals surface area contributed by atoms with E-state index in [-0.39, 0.29) is 0 Å². The van der Waals surface area contributed by atoms with E-state index in [9.17, 15) is 0 Å². The van der Waals surface area contributed by atoms with Crippen molar-refractivity contribution in [2.75, 3.05) is 32.7 Å². The van der Waals surface area contributed by atoms with Gasteiger partial charge in [0.25, 0.3) is 0 Å². The Kier molecular flexibility index (Phi) is 6.46. The van der Waals surface area contributed by atoms with Crippen molar-refractivity contribution in [3.8, 4) is 23.1 Å². The van der Waals surface area contributed by atoms with E-state index in [1.807, 2.05) is 22.8 Å². The smallest absolute Gasteiger partial charge is 0.228 e. The molecule has 0 atom stereocenters. The molecule has 1 aliphatic carbocycles. The quantitative estimate of drug-likeness (QED) is 0.359. The number of aromatic nitrogens is 4. The van der Waals surface area contributed by atoms with Crippen molar-refractivity contribution in [1.82, 2.24) is 24.5 Å². The van der Waals surface area contributed by atoms with Crippen molar-refractivity contribution in [3.63, 3.8) is 0 Å². The average Bonchev–Trinajstić information content (AvgIpc) is 3.63. The third-order valence-electron chi connectivity index (χ3n) is 7.79. The molecule has 194 valence electrons. The van der Waals surface area contributed by atoms with Crippen molar-refractivity contribution < 1.29 is 13.9 Å². The summed E-state index contributed by atoms with van der Waals surface area (Å²) in [6.07, 6.45) is 10.8. The lowest BCUT2D eigenvalue weighted by molar-refractivity contribution is 0.244. The zero-order valence-corrected chi connectivity index (χ0v) is 21.8. The van der Waals surface area contributed by atoms with Crippen LogP contribution in [0.1, 0.15) is 48.8 Å². The molecule has 0 radical (unpaired) electrons. The Morgan fingerprint density at radius 1 is 1.08 bits per heavy atom. The van der Waals surface area contributed by atoms with Gasteiger partial charge in [-0.1, -0.05) is 19.3 Å². The number of hydrogen-bond acceptors (Lipinski definition) is 8. The lowest BCUT2D eigenvalue weighted by Crippen LogP contribution is -2.35. The van der Waals surface area contributed by atoms with Crippen LogP contribution in [0.2, 0.25) is 0 Å². The minimum Gasteiger partial charge on any atom is -0.493 e. The van der Waals surface area contributed by atoms with Crippen LogP contribution in [0.5, 0.6) is 11.5 Å². The van der Waals surface area contributed by atoms with Gasteiger partial charge in [-0.3, -0.25) is 4.90 Å². The number of anilines is 1. The van der Waals surface area contributed by atoms with Crippen molar-refractivity contribution in [2.45, 2.75) is 57.7 Å². The first-order valence-corrected chi connectivity index (χ1v) is 13.1. The van der Waals surface area contributed by atoms with Gasteiger partial charge in [-0.2, -0.15) is 4.52 Å². The Hall–Kier alpha value is -3.59. The number of rotatable bonds is 7. The molecule has 0 bridgehead atoms. The lowest BCUT2D eigenvalue weighted by atomic mass is 9.95. The summed E-state index contributed by atoms with van der Waals surface area (Å²) in [5.41, 5.74) is 4.45. The molecule has 0 saturated heterocycles. The summed E-state index contributed by atoms with van der Waals surface area (Å²) in [5.74, 6) is 3.62. The molecule has 1 fully saturated rings. The first-order chi connectivity index (χ1) is 18.1. The summed E-state index contributed by atoms with van der Waals surface area (Å²) in [6.45, 7) is 2.50. The fourth-order valence-electron chi connectivity index (χ4n) is 5.72. The van der Waals surface area contributed by atoms with Crippen LogP contribution in [0.25, 0.3) is 17.2 Å². The standard InChI is InChI=1S/C28H34N6O3/c1-32(22-8-5-4-6-9-22)28-29-16-21(27-30-26(31-34(27)28)23-10-7-13-37-23)18-33-12-11-19-14-24(35-2)25(36-3)15-20(19)17-33/h7,10,13-16,22H,4-6,8-9,11-12,17-18H2,1-3H3. The normalized spacial score (nSPS) is 16.6. The Morgan fingerprint density at radius 2 is 1.86 bits per heavy atom. The molecule has 3 aromatic heterocycles. The van der Waals surface area contributed by atoms with Crippen LogP contribution in [-0.2, 0) is 19.5 Å². The molecule has 0 N–H and O–H groups in total. The van der Waals surface area contributed by atoms with E-state index >= 15 is 0 Å². The van der Waals surface area contributed by atoms with E-state index in [0.717, 1.165) is 54.7 Å². The number of nitrogens with zero attached hydrogens (tertiary/aromatic N) is 6. The van der Waals surface area contributed by atoms with Crippen LogP contribution in [0.15, 0.2) is 41.1 Å². The van der Waals surface area contributed by atoms with Crippen molar-refractivity contribution >= 4 is 11.6 Å². The fraction of sp³-hybridized carbons (Fsp3) is 0.464. The molecule has 0 amide bonds. The largest absolute Gasteiger partial charge is 0.493 e. The van der Waals surface area contributed by atoms with Crippen molar-refractivity contribution in [2.24, 2.45) is 0 Å². The Labute approximate surface area is 217 Å². The predicted octanol–water partition coefficient (Wildman–Crippen LogP) is 4.73. The van der Waals surface area contributed by atoms with Crippen LogP contribution in [0, 0.1) is 0 Å². The molecule has 4 aromatic rings. The van der Waals surface area contributed by atoms with E-state index < -0.39 is 0 Å². The highest BCUT2D eigenvalue weighted by Crippen LogP contribution is 2.34. The molecular weight excluding hydrogens is 468 g/mol. The van der Waals surface area contributed by atoms with Crippen LogP contribution in [-0.4, -0.2) is 58.3 Å².